The van der Waals surface area contributed by atoms with E-state index in [1.165, 1.54) is 11.1 Å². The van der Waals surface area contributed by atoms with Gasteiger partial charge in [-0.25, -0.2) is 13.1 Å². The number of nitrogens with zero attached hydrogens (tertiary/aromatic N) is 1. The van der Waals surface area contributed by atoms with Crippen LogP contribution in [0.2, 0.25) is 5.02 Å². The summed E-state index contributed by atoms with van der Waals surface area (Å²) in [4.78, 5) is 15.8. The third kappa shape index (κ3) is 5.95. The molecule has 1 spiro atoms. The molecular weight excluding hydrogens is 584 g/mol. The van der Waals surface area contributed by atoms with E-state index in [0.29, 0.717) is 43.7 Å². The molecule has 0 saturated heterocycles. The number of hydrogen-bond donors (Lipinski definition) is 2. The first-order valence-corrected chi connectivity index (χ1v) is 17.7. The van der Waals surface area contributed by atoms with Gasteiger partial charge in [-0.05, 0) is 104 Å². The number of nitrogens with one attached hydrogen (secondary N) is 1. The van der Waals surface area contributed by atoms with Crippen molar-refractivity contribution < 1.29 is 23.1 Å². The zero-order valence-corrected chi connectivity index (χ0v) is 26.7. The summed E-state index contributed by atoms with van der Waals surface area (Å²) >= 11 is 6.39. The van der Waals surface area contributed by atoms with Crippen LogP contribution in [0, 0.1) is 17.8 Å². The average Bonchev–Trinajstić information content (AvgIpc) is 3.10. The molecule has 0 unspecified atom stereocenters. The average molecular weight is 627 g/mol. The van der Waals surface area contributed by atoms with Crippen molar-refractivity contribution in [1.82, 2.24) is 4.72 Å². The van der Waals surface area contributed by atoms with Crippen molar-refractivity contribution in [2.24, 2.45) is 17.8 Å². The Labute approximate surface area is 260 Å². The Morgan fingerprint density at radius 2 is 2.02 bits per heavy atom. The largest absolute Gasteiger partial charge is 0.490 e. The number of carbonyl (C=O) groups is 1. The zero-order chi connectivity index (χ0) is 30.4. The lowest BCUT2D eigenvalue weighted by molar-refractivity contribution is 0.0455. The van der Waals surface area contributed by atoms with Crippen molar-refractivity contribution in [3.05, 3.63) is 70.3 Å². The number of carbonyl (C=O) groups excluding carboxylic acids is 1. The van der Waals surface area contributed by atoms with Crippen molar-refractivity contribution in [2.75, 3.05) is 24.6 Å². The summed E-state index contributed by atoms with van der Waals surface area (Å²) in [7, 11) is -3.93. The van der Waals surface area contributed by atoms with Crippen LogP contribution in [0.15, 0.2) is 48.6 Å². The number of benzene rings is 2. The van der Waals surface area contributed by atoms with Crippen LogP contribution in [0.25, 0.3) is 0 Å². The summed E-state index contributed by atoms with van der Waals surface area (Å²) in [5, 5.41) is 11.2. The second kappa shape index (κ2) is 12.1. The molecule has 7 nitrogen and oxygen atoms in total. The molecule has 1 fully saturated rings. The number of rotatable bonds is 2. The molecule has 43 heavy (non-hydrogen) atoms. The smallest absolute Gasteiger partial charge is 0.264 e. The van der Waals surface area contributed by atoms with E-state index in [0.717, 1.165) is 49.4 Å². The molecule has 9 heteroatoms. The Bertz CT molecular complexity index is 1510. The standard InChI is InChI=1S/C34H43ClN2O5S/c1-3-6-32-22(2)7-4-9-30(38)27-13-10-25(27)19-37-20-34(16-5-8-23-17-26(35)12-14-28(23)34)21-42-31-15-11-24(18-29(31)37)33(39)36-43(32,40)41/h4,9,11-12,14-15,17-18,22,25,27,30,32,38H,3,5-8,10,13,16,19-21H2,1-2H3,(H,36,39)/b9-4-/t22-,25-,27+,30-,32+,34-/m0/s1. The Morgan fingerprint density at radius 1 is 1.19 bits per heavy atom. The van der Waals surface area contributed by atoms with Crippen LogP contribution >= 0.6 is 11.6 Å². The van der Waals surface area contributed by atoms with E-state index in [9.17, 15) is 18.3 Å². The molecule has 2 aliphatic carbocycles. The lowest BCUT2D eigenvalue weighted by Gasteiger charge is -2.45. The van der Waals surface area contributed by atoms with E-state index in [1.807, 2.05) is 32.1 Å². The van der Waals surface area contributed by atoms with Crippen molar-refractivity contribution in [3.63, 3.8) is 0 Å². The van der Waals surface area contributed by atoms with Crippen molar-refractivity contribution in [3.8, 4) is 5.75 Å². The van der Waals surface area contributed by atoms with Crippen molar-refractivity contribution in [1.29, 1.82) is 0 Å². The zero-order valence-electron chi connectivity index (χ0n) is 25.1. The fraction of sp³-hybridized carbons (Fsp3) is 0.559. The highest BCUT2D eigenvalue weighted by Crippen LogP contribution is 2.46. The number of aliphatic hydroxyl groups is 1. The molecule has 232 valence electrons. The third-order valence-electron chi connectivity index (χ3n) is 10.4. The van der Waals surface area contributed by atoms with Crippen LogP contribution in [0.4, 0.5) is 5.69 Å². The van der Waals surface area contributed by atoms with Crippen molar-refractivity contribution in [2.45, 2.75) is 82.0 Å². The van der Waals surface area contributed by atoms with E-state index in [4.69, 9.17) is 16.3 Å². The second-order valence-corrected chi connectivity index (χ2v) is 15.6. The summed E-state index contributed by atoms with van der Waals surface area (Å²) in [5.74, 6) is 0.271. The Balaban J connectivity index is 1.42. The van der Waals surface area contributed by atoms with Gasteiger partial charge in [0.2, 0.25) is 10.0 Å². The van der Waals surface area contributed by atoms with Gasteiger partial charge in [-0.3, -0.25) is 4.79 Å². The monoisotopic (exact) mass is 626 g/mol. The van der Waals surface area contributed by atoms with E-state index < -0.39 is 27.3 Å². The van der Waals surface area contributed by atoms with Gasteiger partial charge in [0.05, 0.1) is 23.6 Å². The SMILES string of the molecule is CCC[C@@H]1[C@@H](C)C/C=C\[C@H](O)[C@@H]2CC[C@H]2CN2C[C@@]3(CCCc4cc(Cl)ccc43)COc3ccc(cc32)C(=O)NS1(=O)=O. The number of aryl methyl sites for hydroxylation is 1. The molecule has 2 aliphatic heterocycles. The van der Waals surface area contributed by atoms with E-state index in [2.05, 4.69) is 21.8 Å². The predicted molar refractivity (Wildman–Crippen MR) is 170 cm³/mol. The molecule has 6 atom stereocenters. The first kappa shape index (κ1) is 30.5. The maximum absolute atomic E-state index is 13.5. The fourth-order valence-corrected chi connectivity index (χ4v) is 9.82. The van der Waals surface area contributed by atoms with Gasteiger partial charge >= 0.3 is 0 Å². The second-order valence-electron chi connectivity index (χ2n) is 13.2. The Hall–Kier alpha value is -2.55. The molecule has 4 aliphatic rings. The van der Waals surface area contributed by atoms with E-state index in [-0.39, 0.29) is 23.2 Å². The lowest BCUT2D eigenvalue weighted by atomic mass is 9.68. The minimum absolute atomic E-state index is 0.127. The number of anilines is 1. The van der Waals surface area contributed by atoms with Gasteiger partial charge in [0.15, 0.2) is 0 Å². The van der Waals surface area contributed by atoms with Crippen LogP contribution in [0.5, 0.6) is 5.75 Å². The molecule has 2 aromatic carbocycles. The number of ether oxygens (including phenoxy) is 1. The fourth-order valence-electron chi connectivity index (χ4n) is 7.83. The summed E-state index contributed by atoms with van der Waals surface area (Å²) < 4.78 is 36.0. The minimum Gasteiger partial charge on any atom is -0.490 e. The van der Waals surface area contributed by atoms with Gasteiger partial charge in [0.25, 0.3) is 5.91 Å². The van der Waals surface area contributed by atoms with E-state index in [1.54, 1.807) is 18.2 Å². The van der Waals surface area contributed by atoms with Gasteiger partial charge < -0.3 is 14.7 Å². The van der Waals surface area contributed by atoms with Gasteiger partial charge in [-0.15, -0.1) is 0 Å². The first-order valence-electron chi connectivity index (χ1n) is 15.8. The number of aliphatic hydroxyl groups excluding tert-OH is 1. The molecular formula is C34H43ClN2O5S. The Kier molecular flexibility index (Phi) is 8.57. The quantitative estimate of drug-likeness (QED) is 0.396. The van der Waals surface area contributed by atoms with Crippen LogP contribution in [-0.4, -0.2) is 50.5 Å². The molecule has 1 amide bonds. The topological polar surface area (TPSA) is 95.9 Å². The van der Waals surface area contributed by atoms with E-state index >= 15 is 0 Å². The maximum atomic E-state index is 13.5. The molecule has 0 aromatic heterocycles. The third-order valence-corrected chi connectivity index (χ3v) is 12.6. The van der Waals surface area contributed by atoms with Gasteiger partial charge in [-0.2, -0.15) is 0 Å². The normalized spacial score (nSPS) is 32.8. The summed E-state index contributed by atoms with van der Waals surface area (Å²) in [5.41, 5.74) is 3.35. The number of fused-ring (bicyclic) bond motifs is 4. The van der Waals surface area contributed by atoms with Gasteiger partial charge in [0, 0.05) is 29.1 Å². The number of allylic oxidation sites excluding steroid dienone is 1. The Morgan fingerprint density at radius 3 is 2.79 bits per heavy atom. The molecule has 1 saturated carbocycles. The highest BCUT2D eigenvalue weighted by Gasteiger charge is 2.44. The highest BCUT2D eigenvalue weighted by atomic mass is 35.5. The molecule has 0 radical (unpaired) electrons. The summed E-state index contributed by atoms with van der Waals surface area (Å²) in [6.45, 7) is 5.77. The first-order chi connectivity index (χ1) is 20.6. The molecule has 2 aromatic rings. The lowest BCUT2D eigenvalue weighted by Crippen LogP contribution is -2.49. The summed E-state index contributed by atoms with van der Waals surface area (Å²) in [6.07, 6.45) is 9.79. The van der Waals surface area contributed by atoms with Gasteiger partial charge in [-0.1, -0.05) is 50.1 Å². The number of hydrogen-bond acceptors (Lipinski definition) is 6. The van der Waals surface area contributed by atoms with Crippen LogP contribution in [-0.2, 0) is 21.9 Å². The van der Waals surface area contributed by atoms with Crippen LogP contribution < -0.4 is 14.4 Å². The highest BCUT2D eigenvalue weighted by molar-refractivity contribution is 7.90. The molecule has 2 N–H and O–H groups in total. The number of amides is 1. The summed E-state index contributed by atoms with van der Waals surface area (Å²) in [6, 6.07) is 11.4. The molecule has 2 heterocycles. The number of sulfonamides is 1. The predicted octanol–water partition coefficient (Wildman–Crippen LogP) is 6.02. The van der Waals surface area contributed by atoms with Crippen LogP contribution in [0.3, 0.4) is 0 Å². The van der Waals surface area contributed by atoms with Gasteiger partial charge in [0.1, 0.15) is 5.75 Å². The van der Waals surface area contributed by atoms with Crippen LogP contribution in [0.1, 0.15) is 80.3 Å². The van der Waals surface area contributed by atoms with Crippen molar-refractivity contribution >= 4 is 33.2 Å². The molecule has 2 bridgehead atoms. The molecule has 6 rings (SSSR count). The minimum atomic E-state index is -3.93. The number of halogens is 1. The maximum Gasteiger partial charge on any atom is 0.264 e.